The van der Waals surface area contributed by atoms with Crippen LogP contribution < -0.4 is 27.3 Å². The molecule has 8 rings (SSSR count). The van der Waals surface area contributed by atoms with Gasteiger partial charge < -0.3 is 45.5 Å². The fourth-order valence-corrected chi connectivity index (χ4v) is 9.73. The minimum absolute atomic E-state index is 0.00832. The zero-order valence-corrected chi connectivity index (χ0v) is 42.5. The first-order valence-electron chi connectivity index (χ1n) is 23.9. The number of amides is 6. The van der Waals surface area contributed by atoms with Gasteiger partial charge >= 0.3 is 5.97 Å². The highest BCUT2D eigenvalue weighted by Crippen LogP contribution is 2.33. The number of nitrogens with two attached hydrogens (primary N) is 3. The number of carboxylic acid groups (broad SMARTS) is 1. The maximum absolute atomic E-state index is 13.9. The second-order valence-electron chi connectivity index (χ2n) is 17.6. The average molecular weight is 1050 g/mol. The number of pyridine rings is 1. The third kappa shape index (κ3) is 11.2. The van der Waals surface area contributed by atoms with Crippen LogP contribution in [0.5, 0.6) is 5.75 Å². The summed E-state index contributed by atoms with van der Waals surface area (Å²) in [6.45, 7) is 8.35. The number of likely N-dealkylation sites (tertiary alicyclic amines) is 1. The Morgan fingerprint density at radius 3 is 2.41 bits per heavy atom. The number of aryl methyl sites for hydroxylation is 4. The molecular weight excluding hydrogens is 991 g/mol. The summed E-state index contributed by atoms with van der Waals surface area (Å²) in [5.41, 5.74) is 21.0. The molecule has 26 heteroatoms. The number of nitrogens with one attached hydrogen (secondary N) is 1. The number of carbonyl (C=O) groups excluding carboxylic acids is 6. The predicted molar refractivity (Wildman–Crippen MR) is 275 cm³/mol. The Balaban J connectivity index is 1.05. The molecule has 8 N–H and O–H groups in total. The molecule has 0 bridgehead atoms. The van der Waals surface area contributed by atoms with Crippen molar-refractivity contribution < 1.29 is 47.8 Å². The molecule has 6 aromatic heterocycles. The minimum Gasteiger partial charge on any atom is -0.491 e. The number of nitrogens with zero attached hydrogens (tertiary/aromatic N) is 11. The number of carbonyl (C=O) groups is 7. The number of ether oxygens (including phenoxy) is 1. The number of aromatic nitrogens is 9. The molecule has 1 unspecified atom stereocenters. The van der Waals surface area contributed by atoms with Gasteiger partial charge in [-0.25, -0.2) is 24.9 Å². The number of oxazole rings is 1. The van der Waals surface area contributed by atoms with E-state index in [1.165, 1.54) is 23.2 Å². The zero-order valence-electron chi connectivity index (χ0n) is 41.7. The molecule has 1 aliphatic heterocycles. The number of allylic oxidation sites excluding steroid dienone is 2. The van der Waals surface area contributed by atoms with Gasteiger partial charge in [-0.3, -0.25) is 48.5 Å². The molecule has 7 aromatic rings. The summed E-state index contributed by atoms with van der Waals surface area (Å²) >= 11 is 0.998. The van der Waals surface area contributed by atoms with Gasteiger partial charge in [0.25, 0.3) is 5.91 Å². The van der Waals surface area contributed by atoms with E-state index in [1.54, 1.807) is 30.8 Å². The molecule has 25 nitrogen and oxygen atoms in total. The number of primary amides is 2. The van der Waals surface area contributed by atoms with Crippen molar-refractivity contribution in [1.29, 1.82) is 0 Å². The average Bonchev–Trinajstić information content (AvgIpc) is 4.20. The molecule has 0 saturated carbocycles. The van der Waals surface area contributed by atoms with E-state index in [2.05, 4.69) is 25.4 Å². The monoisotopic (exact) mass is 1050 g/mol. The van der Waals surface area contributed by atoms with E-state index in [9.17, 15) is 33.6 Å². The van der Waals surface area contributed by atoms with E-state index in [1.807, 2.05) is 48.2 Å². The van der Waals surface area contributed by atoms with E-state index in [0.29, 0.717) is 64.4 Å². The van der Waals surface area contributed by atoms with Crippen molar-refractivity contribution in [3.05, 3.63) is 83.0 Å². The van der Waals surface area contributed by atoms with Gasteiger partial charge in [-0.2, -0.15) is 5.10 Å². The summed E-state index contributed by atoms with van der Waals surface area (Å²) in [4.78, 5) is 114. The van der Waals surface area contributed by atoms with E-state index in [4.69, 9.17) is 41.4 Å². The molecule has 7 heterocycles. The number of benzene rings is 1. The summed E-state index contributed by atoms with van der Waals surface area (Å²) in [5.74, 6) is -3.54. The van der Waals surface area contributed by atoms with Crippen molar-refractivity contribution in [2.45, 2.75) is 84.3 Å². The molecular formula is C49H55N15O10S. The van der Waals surface area contributed by atoms with Crippen molar-refractivity contribution in [3.63, 3.8) is 0 Å². The standard InChI is InChI=1S/C49H55N15O10S/c1-6-32-40(74-26(4)55-32)46(69)58-49-56-33-19-27(41(51)67)20-35(73-16-10-12-60(5)37(65)11-15-61-38(66)21-36(47(61)70)75-24-31(50)48(71)72)39(33)62(49)13-8-9-14-63-44-29(18-28(22-54-44)42(52)68)30-23-53-43(57-45(30)63)34-17-25(3)59-64(34)7-2/h8-9,17-20,22-23,31,36H,6-7,10-16,21,24,50H2,1-5H3,(H2,51,67)(H2,52,68)(H,71,72)(H,56,58,69)/b9-8+/t31-,36?/m0/s1. The zero-order chi connectivity index (χ0) is 53.8. The second kappa shape index (κ2) is 22.3. The van der Waals surface area contributed by atoms with Gasteiger partial charge in [-0.1, -0.05) is 19.1 Å². The lowest BCUT2D eigenvalue weighted by Gasteiger charge is -2.20. The molecule has 1 fully saturated rings. The maximum Gasteiger partial charge on any atom is 0.321 e. The molecule has 75 heavy (non-hydrogen) atoms. The van der Waals surface area contributed by atoms with Crippen molar-refractivity contribution in [2.24, 2.45) is 17.2 Å². The Hall–Kier alpha value is -8.52. The third-order valence-corrected chi connectivity index (χ3v) is 13.7. The Morgan fingerprint density at radius 2 is 1.71 bits per heavy atom. The number of fused-ring (bicyclic) bond motifs is 4. The number of anilines is 1. The number of carboxylic acids is 1. The fraction of sp³-hybridized carbons (Fsp3) is 0.367. The molecule has 1 aliphatic rings. The van der Waals surface area contributed by atoms with Crippen LogP contribution in [0.25, 0.3) is 44.6 Å². The van der Waals surface area contributed by atoms with Crippen LogP contribution in [-0.2, 0) is 45.2 Å². The van der Waals surface area contributed by atoms with Crippen LogP contribution >= 0.6 is 11.8 Å². The highest BCUT2D eigenvalue weighted by molar-refractivity contribution is 8.00. The quantitative estimate of drug-likeness (QED) is 0.0349. The lowest BCUT2D eigenvalue weighted by atomic mass is 10.1. The van der Waals surface area contributed by atoms with E-state index in [0.717, 1.165) is 28.0 Å². The molecule has 2 atom stereocenters. The number of imide groups is 1. The molecule has 6 amide bonds. The smallest absolute Gasteiger partial charge is 0.321 e. The molecule has 1 aromatic carbocycles. The number of aliphatic carboxylic acids is 1. The van der Waals surface area contributed by atoms with Gasteiger partial charge in [-0.15, -0.1) is 11.8 Å². The van der Waals surface area contributed by atoms with Crippen LogP contribution in [0, 0.1) is 13.8 Å². The third-order valence-electron chi connectivity index (χ3n) is 12.4. The van der Waals surface area contributed by atoms with Gasteiger partial charge in [0.15, 0.2) is 11.7 Å². The van der Waals surface area contributed by atoms with Gasteiger partial charge in [0.2, 0.25) is 41.2 Å². The maximum atomic E-state index is 13.9. The summed E-state index contributed by atoms with van der Waals surface area (Å²) in [5, 5.41) is 17.0. The minimum atomic E-state index is -1.22. The Morgan fingerprint density at radius 1 is 0.960 bits per heavy atom. The number of thioether (sulfide) groups is 1. The second-order valence-corrected chi connectivity index (χ2v) is 18.9. The Labute approximate surface area is 431 Å². The van der Waals surface area contributed by atoms with Crippen molar-refractivity contribution >= 4 is 92.2 Å². The van der Waals surface area contributed by atoms with Gasteiger partial charge in [-0.05, 0) is 51.0 Å². The van der Waals surface area contributed by atoms with Gasteiger partial charge in [0.05, 0.1) is 34.3 Å². The van der Waals surface area contributed by atoms with Gasteiger partial charge in [0, 0.05) is 94.0 Å². The van der Waals surface area contributed by atoms with Crippen LogP contribution in [-0.4, -0.2) is 144 Å². The van der Waals surface area contributed by atoms with Crippen molar-refractivity contribution in [3.8, 4) is 17.3 Å². The van der Waals surface area contributed by atoms with Crippen molar-refractivity contribution in [1.82, 2.24) is 53.6 Å². The van der Waals surface area contributed by atoms with Gasteiger partial charge in [0.1, 0.15) is 34.3 Å². The highest BCUT2D eigenvalue weighted by atomic mass is 32.2. The SMILES string of the molecule is CCc1nc(C)oc1C(=O)Nc1nc2cc(C(N)=O)cc(OCCCN(C)C(=O)CCN3C(=O)CC(SC[C@H](N)C(=O)O)C3=O)c2n1C/C=C/Cn1c2ncc(C(N)=O)cc2c2cnc(-c3cc(C)nn3CC)nc21. The predicted octanol–water partition coefficient (Wildman–Crippen LogP) is 2.98. The summed E-state index contributed by atoms with van der Waals surface area (Å²) in [7, 11) is 1.58. The van der Waals surface area contributed by atoms with E-state index >= 15 is 0 Å². The summed E-state index contributed by atoms with van der Waals surface area (Å²) in [6, 6.07) is 5.33. The van der Waals surface area contributed by atoms with Crippen LogP contribution in [0.2, 0.25) is 0 Å². The van der Waals surface area contributed by atoms with Crippen LogP contribution in [0.3, 0.4) is 0 Å². The molecule has 392 valence electrons. The van der Waals surface area contributed by atoms with Crippen LogP contribution in [0.4, 0.5) is 5.95 Å². The van der Waals surface area contributed by atoms with E-state index in [-0.39, 0.29) is 91.4 Å². The molecule has 0 radical (unpaired) electrons. The van der Waals surface area contributed by atoms with Crippen molar-refractivity contribution in [2.75, 3.05) is 37.8 Å². The number of hydrogen-bond donors (Lipinski definition) is 5. The number of rotatable bonds is 23. The summed E-state index contributed by atoms with van der Waals surface area (Å²) < 4.78 is 17.4. The number of imidazole rings is 1. The topological polar surface area (TPSA) is 351 Å². The lowest BCUT2D eigenvalue weighted by molar-refractivity contribution is -0.140. The first-order valence-corrected chi connectivity index (χ1v) is 25.0. The Kier molecular flexibility index (Phi) is 15.7. The first-order chi connectivity index (χ1) is 35.9. The fourth-order valence-electron chi connectivity index (χ4n) is 8.61. The molecule has 1 saturated heterocycles. The first kappa shape index (κ1) is 52.8. The van der Waals surface area contributed by atoms with E-state index < -0.39 is 46.8 Å². The Bertz CT molecular complexity index is 3450. The van der Waals surface area contributed by atoms with Crippen LogP contribution in [0.15, 0.2) is 53.2 Å². The largest absolute Gasteiger partial charge is 0.491 e. The number of hydrogen-bond acceptors (Lipinski definition) is 17. The summed E-state index contributed by atoms with van der Waals surface area (Å²) in [6.07, 6.45) is 7.26. The molecule has 0 aliphatic carbocycles. The molecule has 0 spiro atoms. The highest BCUT2D eigenvalue weighted by Gasteiger charge is 2.39. The normalized spacial score (nSPS) is 14.2. The van der Waals surface area contributed by atoms with Crippen LogP contribution in [0.1, 0.15) is 81.7 Å². The lowest BCUT2D eigenvalue weighted by Crippen LogP contribution is -2.37.